The van der Waals surface area contributed by atoms with Gasteiger partial charge in [0.1, 0.15) is 0 Å². The standard InChI is InChI=1S/C15H20N2O2S2/c1-17(12-14-3-2-9-20-14)8-10-21(18,19)15-6-4-13(11-16)5-7-15/h2-7,9H,8,10-12,16H2,1H3. The molecule has 1 aromatic heterocycles. The van der Waals surface area contributed by atoms with Crippen LogP contribution in [-0.2, 0) is 22.9 Å². The number of thiophene rings is 1. The molecular weight excluding hydrogens is 304 g/mol. The molecule has 2 aromatic rings. The molecule has 0 aliphatic carbocycles. The third-order valence-corrected chi connectivity index (χ3v) is 5.84. The Labute approximate surface area is 130 Å². The summed E-state index contributed by atoms with van der Waals surface area (Å²) in [5.74, 6) is 0.122. The molecule has 0 aliphatic heterocycles. The second-order valence-corrected chi connectivity index (χ2v) is 8.13. The molecule has 1 heterocycles. The van der Waals surface area contributed by atoms with Crippen molar-refractivity contribution in [3.05, 3.63) is 52.2 Å². The fraction of sp³-hybridized carbons (Fsp3) is 0.333. The van der Waals surface area contributed by atoms with Gasteiger partial charge in [-0.15, -0.1) is 11.3 Å². The van der Waals surface area contributed by atoms with Crippen LogP contribution < -0.4 is 5.73 Å². The van der Waals surface area contributed by atoms with E-state index in [4.69, 9.17) is 5.73 Å². The summed E-state index contributed by atoms with van der Waals surface area (Å²) < 4.78 is 24.6. The number of benzene rings is 1. The highest BCUT2D eigenvalue weighted by Gasteiger charge is 2.15. The minimum absolute atomic E-state index is 0.122. The predicted octanol–water partition coefficient (Wildman–Crippen LogP) is 2.11. The molecule has 0 aliphatic rings. The average molecular weight is 324 g/mol. The lowest BCUT2D eigenvalue weighted by molar-refractivity contribution is 0.349. The molecule has 0 spiro atoms. The first-order valence-corrected chi connectivity index (χ1v) is 9.27. The molecule has 114 valence electrons. The van der Waals surface area contributed by atoms with Gasteiger partial charge in [0, 0.05) is 24.5 Å². The summed E-state index contributed by atoms with van der Waals surface area (Å²) in [6.07, 6.45) is 0. The summed E-state index contributed by atoms with van der Waals surface area (Å²) in [7, 11) is -1.30. The van der Waals surface area contributed by atoms with Gasteiger partial charge in [-0.2, -0.15) is 0 Å². The Hall–Kier alpha value is -1.21. The zero-order chi connectivity index (χ0) is 15.3. The second kappa shape index (κ2) is 7.17. The van der Waals surface area contributed by atoms with Crippen LogP contribution in [0.4, 0.5) is 0 Å². The molecule has 0 bridgehead atoms. The lowest BCUT2D eigenvalue weighted by atomic mass is 10.2. The van der Waals surface area contributed by atoms with Crippen molar-refractivity contribution in [1.82, 2.24) is 4.90 Å². The first-order chi connectivity index (χ1) is 10.0. The van der Waals surface area contributed by atoms with Gasteiger partial charge in [0.05, 0.1) is 10.6 Å². The smallest absolute Gasteiger partial charge is 0.179 e. The molecule has 6 heteroatoms. The van der Waals surface area contributed by atoms with Crippen molar-refractivity contribution in [2.75, 3.05) is 19.3 Å². The van der Waals surface area contributed by atoms with Crippen LogP contribution >= 0.6 is 11.3 Å². The van der Waals surface area contributed by atoms with Crippen LogP contribution in [0.25, 0.3) is 0 Å². The highest BCUT2D eigenvalue weighted by Crippen LogP contribution is 2.14. The van der Waals surface area contributed by atoms with Crippen molar-refractivity contribution >= 4 is 21.2 Å². The lowest BCUT2D eigenvalue weighted by Crippen LogP contribution is -2.25. The van der Waals surface area contributed by atoms with Gasteiger partial charge in [-0.25, -0.2) is 8.42 Å². The van der Waals surface area contributed by atoms with Crippen molar-refractivity contribution in [1.29, 1.82) is 0 Å². The molecule has 0 atom stereocenters. The topological polar surface area (TPSA) is 63.4 Å². The van der Waals surface area contributed by atoms with E-state index < -0.39 is 9.84 Å². The van der Waals surface area contributed by atoms with Gasteiger partial charge in [-0.3, -0.25) is 0 Å². The van der Waals surface area contributed by atoms with E-state index in [1.165, 1.54) is 4.88 Å². The van der Waals surface area contributed by atoms with Gasteiger partial charge in [0.25, 0.3) is 0 Å². The molecule has 1 aromatic carbocycles. The highest BCUT2D eigenvalue weighted by molar-refractivity contribution is 7.91. The zero-order valence-electron chi connectivity index (χ0n) is 12.0. The minimum Gasteiger partial charge on any atom is -0.326 e. The van der Waals surface area contributed by atoms with Crippen LogP contribution in [0.3, 0.4) is 0 Å². The predicted molar refractivity (Wildman–Crippen MR) is 87.0 cm³/mol. The normalized spacial score (nSPS) is 12.0. The van der Waals surface area contributed by atoms with Crippen molar-refractivity contribution in [3.63, 3.8) is 0 Å². The van der Waals surface area contributed by atoms with Crippen molar-refractivity contribution in [2.24, 2.45) is 5.73 Å². The van der Waals surface area contributed by atoms with E-state index in [0.717, 1.165) is 12.1 Å². The SMILES string of the molecule is CN(CCS(=O)(=O)c1ccc(CN)cc1)Cc1cccs1. The Morgan fingerprint density at radius 1 is 1.19 bits per heavy atom. The lowest BCUT2D eigenvalue weighted by Gasteiger charge is -2.15. The Morgan fingerprint density at radius 2 is 1.90 bits per heavy atom. The number of hydrogen-bond donors (Lipinski definition) is 1. The van der Waals surface area contributed by atoms with E-state index in [-0.39, 0.29) is 5.75 Å². The van der Waals surface area contributed by atoms with E-state index >= 15 is 0 Å². The summed E-state index contributed by atoms with van der Waals surface area (Å²) in [4.78, 5) is 3.63. The summed E-state index contributed by atoms with van der Waals surface area (Å²) in [5, 5.41) is 2.03. The largest absolute Gasteiger partial charge is 0.326 e. The van der Waals surface area contributed by atoms with E-state index in [2.05, 4.69) is 6.07 Å². The Bertz CT molecular complexity index is 649. The van der Waals surface area contributed by atoms with E-state index in [1.807, 2.05) is 23.4 Å². The third kappa shape index (κ3) is 4.64. The monoisotopic (exact) mass is 324 g/mol. The molecule has 2 N–H and O–H groups in total. The molecule has 0 saturated carbocycles. The van der Waals surface area contributed by atoms with Crippen LogP contribution in [0, 0.1) is 0 Å². The first kappa shape index (κ1) is 16.2. The number of rotatable bonds is 7. The van der Waals surface area contributed by atoms with Gasteiger partial charge in [0.2, 0.25) is 0 Å². The molecule has 4 nitrogen and oxygen atoms in total. The van der Waals surface area contributed by atoms with E-state index in [1.54, 1.807) is 35.6 Å². The maximum atomic E-state index is 12.3. The molecule has 0 unspecified atom stereocenters. The van der Waals surface area contributed by atoms with Crippen LogP contribution in [0.15, 0.2) is 46.7 Å². The second-order valence-electron chi connectivity index (χ2n) is 4.98. The van der Waals surface area contributed by atoms with Crippen molar-refractivity contribution in [2.45, 2.75) is 18.0 Å². The van der Waals surface area contributed by atoms with Crippen LogP contribution in [0.5, 0.6) is 0 Å². The summed E-state index contributed by atoms with van der Waals surface area (Å²) in [5.41, 5.74) is 6.45. The number of nitrogens with zero attached hydrogens (tertiary/aromatic N) is 1. The van der Waals surface area contributed by atoms with E-state index in [0.29, 0.717) is 18.0 Å². The Balaban J connectivity index is 1.93. The molecule has 21 heavy (non-hydrogen) atoms. The van der Waals surface area contributed by atoms with Gasteiger partial charge in [-0.05, 0) is 36.2 Å². The molecule has 0 amide bonds. The number of nitrogens with two attached hydrogens (primary N) is 1. The summed E-state index contributed by atoms with van der Waals surface area (Å²) >= 11 is 1.68. The fourth-order valence-corrected chi connectivity index (χ4v) is 4.10. The maximum absolute atomic E-state index is 12.3. The van der Waals surface area contributed by atoms with Gasteiger partial charge < -0.3 is 10.6 Å². The van der Waals surface area contributed by atoms with Crippen molar-refractivity contribution in [3.8, 4) is 0 Å². The van der Waals surface area contributed by atoms with Crippen LogP contribution in [-0.4, -0.2) is 32.7 Å². The zero-order valence-corrected chi connectivity index (χ0v) is 13.7. The Morgan fingerprint density at radius 3 is 2.48 bits per heavy atom. The number of sulfone groups is 1. The highest BCUT2D eigenvalue weighted by atomic mass is 32.2. The van der Waals surface area contributed by atoms with Gasteiger partial charge >= 0.3 is 0 Å². The fourth-order valence-electron chi connectivity index (χ4n) is 1.97. The molecular formula is C15H20N2O2S2. The van der Waals surface area contributed by atoms with E-state index in [9.17, 15) is 8.42 Å². The average Bonchev–Trinajstić information content (AvgIpc) is 2.98. The third-order valence-electron chi connectivity index (χ3n) is 3.27. The molecule has 2 rings (SSSR count). The van der Waals surface area contributed by atoms with Crippen molar-refractivity contribution < 1.29 is 8.42 Å². The molecule has 0 fully saturated rings. The quantitative estimate of drug-likeness (QED) is 0.847. The number of hydrogen-bond acceptors (Lipinski definition) is 5. The summed E-state index contributed by atoms with van der Waals surface area (Å²) in [6, 6.07) is 10.9. The summed E-state index contributed by atoms with van der Waals surface area (Å²) in [6.45, 7) is 1.71. The van der Waals surface area contributed by atoms with Crippen LogP contribution in [0.1, 0.15) is 10.4 Å². The van der Waals surface area contributed by atoms with Gasteiger partial charge in [0.15, 0.2) is 9.84 Å². The van der Waals surface area contributed by atoms with Gasteiger partial charge in [-0.1, -0.05) is 18.2 Å². The first-order valence-electron chi connectivity index (χ1n) is 6.74. The molecule has 0 saturated heterocycles. The maximum Gasteiger partial charge on any atom is 0.179 e. The Kier molecular flexibility index (Phi) is 5.52. The minimum atomic E-state index is -3.24. The van der Waals surface area contributed by atoms with Crippen LogP contribution in [0.2, 0.25) is 0 Å². The molecule has 0 radical (unpaired) electrons.